The Hall–Kier alpha value is -3.41. The zero-order valence-electron chi connectivity index (χ0n) is 11.9. The fourth-order valence-corrected chi connectivity index (χ4v) is 3.11. The quantitative estimate of drug-likeness (QED) is 0.513. The summed E-state index contributed by atoms with van der Waals surface area (Å²) >= 11 is 0. The van der Waals surface area contributed by atoms with Gasteiger partial charge in [-0.3, -0.25) is 9.20 Å². The Labute approximate surface area is 128 Å². The summed E-state index contributed by atoms with van der Waals surface area (Å²) in [4.78, 5) is 23.3. The van der Waals surface area contributed by atoms with Crippen LogP contribution in [0.3, 0.4) is 0 Å². The predicted molar refractivity (Wildman–Crippen MR) is 86.1 cm³/mol. The third kappa shape index (κ3) is 1.60. The van der Waals surface area contributed by atoms with Gasteiger partial charge in [0, 0.05) is 23.0 Å². The minimum absolute atomic E-state index is 0.204. The Bertz CT molecular complexity index is 1280. The molecule has 0 aliphatic heterocycles. The van der Waals surface area contributed by atoms with Gasteiger partial charge in [-0.25, -0.2) is 9.97 Å². The molecule has 0 saturated heterocycles. The lowest BCUT2D eigenvalue weighted by molar-refractivity contribution is 0.548. The van der Waals surface area contributed by atoms with Gasteiger partial charge in [-0.15, -0.1) is 0 Å². The molecule has 0 fully saturated rings. The Morgan fingerprint density at radius 1 is 1.22 bits per heavy atom. The minimum Gasteiger partial charge on any atom is -0.444 e. The maximum Gasteiger partial charge on any atom is 0.292 e. The summed E-state index contributed by atoms with van der Waals surface area (Å²) in [6, 6.07) is 7.95. The molecule has 6 heteroatoms. The van der Waals surface area contributed by atoms with Crippen molar-refractivity contribution in [1.82, 2.24) is 19.4 Å². The molecule has 0 radical (unpaired) electrons. The van der Waals surface area contributed by atoms with E-state index in [1.807, 2.05) is 34.7 Å². The molecule has 23 heavy (non-hydrogen) atoms. The van der Waals surface area contributed by atoms with Crippen molar-refractivity contribution in [1.29, 1.82) is 0 Å². The maximum absolute atomic E-state index is 12.2. The third-order valence-electron chi connectivity index (χ3n) is 4.04. The van der Waals surface area contributed by atoms with Gasteiger partial charge in [-0.1, -0.05) is 24.3 Å². The van der Waals surface area contributed by atoms with E-state index in [9.17, 15) is 4.79 Å². The van der Waals surface area contributed by atoms with Gasteiger partial charge < -0.3 is 9.40 Å². The van der Waals surface area contributed by atoms with Crippen molar-refractivity contribution in [2.45, 2.75) is 0 Å². The van der Waals surface area contributed by atoms with Crippen molar-refractivity contribution < 1.29 is 4.42 Å². The van der Waals surface area contributed by atoms with Gasteiger partial charge in [0.1, 0.15) is 5.76 Å². The summed E-state index contributed by atoms with van der Waals surface area (Å²) in [5.41, 5.74) is 1.86. The van der Waals surface area contributed by atoms with E-state index >= 15 is 0 Å². The molecule has 2 aromatic carbocycles. The van der Waals surface area contributed by atoms with Crippen LogP contribution >= 0.6 is 0 Å². The SMILES string of the molecule is O=c1[nH]c2c3ccccc3/c(=C\c3cnco3)c2n2ccnc12. The molecule has 6 nitrogen and oxygen atoms in total. The second-order valence-corrected chi connectivity index (χ2v) is 5.31. The Morgan fingerprint density at radius 2 is 2.09 bits per heavy atom. The van der Waals surface area contributed by atoms with Crippen molar-refractivity contribution in [2.75, 3.05) is 0 Å². The van der Waals surface area contributed by atoms with Gasteiger partial charge in [0.2, 0.25) is 5.65 Å². The molecule has 0 spiro atoms. The Kier molecular flexibility index (Phi) is 2.27. The number of fused-ring (bicyclic) bond motifs is 5. The number of rotatable bonds is 1. The number of aromatic amines is 1. The van der Waals surface area contributed by atoms with Crippen LogP contribution in [0.15, 0.2) is 58.5 Å². The predicted octanol–water partition coefficient (Wildman–Crippen LogP) is 1.86. The topological polar surface area (TPSA) is 76.2 Å². The molecular formula is C17H10N4O2. The van der Waals surface area contributed by atoms with Gasteiger partial charge in [0.15, 0.2) is 6.39 Å². The maximum atomic E-state index is 12.2. The van der Waals surface area contributed by atoms with Crippen LogP contribution in [0, 0.1) is 0 Å². The number of benzene rings is 1. The van der Waals surface area contributed by atoms with E-state index in [-0.39, 0.29) is 5.56 Å². The molecule has 0 saturated carbocycles. The van der Waals surface area contributed by atoms with Crippen LogP contribution in [0.4, 0.5) is 0 Å². The van der Waals surface area contributed by atoms with Crippen molar-refractivity contribution in [3.8, 4) is 0 Å². The van der Waals surface area contributed by atoms with Gasteiger partial charge >= 0.3 is 0 Å². The molecule has 0 unspecified atom stereocenters. The third-order valence-corrected chi connectivity index (χ3v) is 4.04. The number of nitrogens with zero attached hydrogens (tertiary/aromatic N) is 3. The molecule has 0 aliphatic rings. The molecular weight excluding hydrogens is 292 g/mol. The lowest BCUT2D eigenvalue weighted by atomic mass is 10.2. The van der Waals surface area contributed by atoms with Crippen molar-refractivity contribution >= 4 is 33.5 Å². The smallest absolute Gasteiger partial charge is 0.292 e. The van der Waals surface area contributed by atoms with Crippen molar-refractivity contribution in [3.05, 3.63) is 70.6 Å². The molecule has 110 valence electrons. The van der Waals surface area contributed by atoms with E-state index in [0.29, 0.717) is 11.4 Å². The largest absolute Gasteiger partial charge is 0.444 e. The monoisotopic (exact) mass is 302 g/mol. The van der Waals surface area contributed by atoms with E-state index in [0.717, 1.165) is 27.0 Å². The molecule has 1 N–H and O–H groups in total. The number of nitrogens with one attached hydrogen (secondary N) is 1. The van der Waals surface area contributed by atoms with E-state index < -0.39 is 0 Å². The number of hydrogen-bond acceptors (Lipinski definition) is 4. The zero-order chi connectivity index (χ0) is 15.4. The summed E-state index contributed by atoms with van der Waals surface area (Å²) in [6.07, 6.45) is 8.40. The standard InChI is InChI=1S/C17H10N4O2/c22-17-16-19-5-6-21(16)15-13(7-10-8-18-9-23-10)11-3-1-2-4-12(11)14(15)20-17/h1-9H,(H,20,22)/b13-7+. The lowest BCUT2D eigenvalue weighted by Gasteiger charge is -1.97. The van der Waals surface area contributed by atoms with E-state index in [4.69, 9.17) is 4.42 Å². The number of aromatic nitrogens is 4. The first kappa shape index (κ1) is 12.2. The summed E-state index contributed by atoms with van der Waals surface area (Å²) in [6.45, 7) is 0. The summed E-state index contributed by atoms with van der Waals surface area (Å²) in [5, 5.41) is 2.99. The van der Waals surface area contributed by atoms with Gasteiger partial charge in [0.25, 0.3) is 5.56 Å². The van der Waals surface area contributed by atoms with Crippen LogP contribution < -0.4 is 10.8 Å². The van der Waals surface area contributed by atoms with Crippen LogP contribution in [0.25, 0.3) is 33.5 Å². The van der Waals surface area contributed by atoms with E-state index in [1.165, 1.54) is 6.39 Å². The van der Waals surface area contributed by atoms with Crippen LogP contribution in [0.5, 0.6) is 0 Å². The summed E-state index contributed by atoms with van der Waals surface area (Å²) < 4.78 is 7.17. The number of imidazole rings is 1. The van der Waals surface area contributed by atoms with Gasteiger partial charge in [-0.2, -0.15) is 0 Å². The molecule has 5 aromatic rings. The normalized spacial score (nSPS) is 12.8. The summed E-state index contributed by atoms with van der Waals surface area (Å²) in [7, 11) is 0. The average Bonchev–Trinajstić information content (AvgIpc) is 3.28. The molecule has 3 aromatic heterocycles. The fourth-order valence-electron chi connectivity index (χ4n) is 3.11. The van der Waals surface area contributed by atoms with Crippen molar-refractivity contribution in [3.63, 3.8) is 0 Å². The average molecular weight is 302 g/mol. The second-order valence-electron chi connectivity index (χ2n) is 5.31. The lowest BCUT2D eigenvalue weighted by Crippen LogP contribution is -2.13. The Balaban J connectivity index is 2.14. The highest BCUT2D eigenvalue weighted by molar-refractivity contribution is 6.09. The summed E-state index contributed by atoms with van der Waals surface area (Å²) in [5.74, 6) is 0.655. The highest BCUT2D eigenvalue weighted by Crippen LogP contribution is 2.22. The zero-order valence-corrected chi connectivity index (χ0v) is 11.9. The molecule has 0 aliphatic carbocycles. The van der Waals surface area contributed by atoms with Crippen LogP contribution in [0.1, 0.15) is 5.76 Å². The second kappa shape index (κ2) is 4.30. The number of hydrogen-bond donors (Lipinski definition) is 1. The van der Waals surface area contributed by atoms with Crippen LogP contribution in [0.2, 0.25) is 0 Å². The highest BCUT2D eigenvalue weighted by atomic mass is 16.3. The first-order chi connectivity index (χ1) is 11.3. The van der Waals surface area contributed by atoms with E-state index in [1.54, 1.807) is 18.6 Å². The van der Waals surface area contributed by atoms with E-state index in [2.05, 4.69) is 15.0 Å². The molecule has 5 rings (SSSR count). The van der Waals surface area contributed by atoms with Gasteiger partial charge in [-0.05, 0) is 11.5 Å². The molecule has 0 bridgehead atoms. The first-order valence-corrected chi connectivity index (χ1v) is 7.12. The number of H-pyrrole nitrogens is 1. The number of oxazole rings is 1. The van der Waals surface area contributed by atoms with Crippen molar-refractivity contribution in [2.24, 2.45) is 0 Å². The first-order valence-electron chi connectivity index (χ1n) is 7.12. The Morgan fingerprint density at radius 3 is 2.91 bits per heavy atom. The van der Waals surface area contributed by atoms with Crippen LogP contribution in [-0.2, 0) is 0 Å². The molecule has 0 atom stereocenters. The molecule has 0 amide bonds. The highest BCUT2D eigenvalue weighted by Gasteiger charge is 2.13. The fraction of sp³-hybridized carbons (Fsp3) is 0. The molecule has 3 heterocycles. The van der Waals surface area contributed by atoms with Gasteiger partial charge in [0.05, 0.1) is 17.2 Å². The minimum atomic E-state index is -0.204. The van der Waals surface area contributed by atoms with Crippen LogP contribution in [-0.4, -0.2) is 19.4 Å².